The Morgan fingerprint density at radius 3 is 2.45 bits per heavy atom. The predicted octanol–water partition coefficient (Wildman–Crippen LogP) is -2.19. The molecular weight excluding hydrogens is 152 g/mol. The molecule has 1 aliphatic heterocycles. The van der Waals surface area contributed by atoms with Gasteiger partial charge in [0.1, 0.15) is 12.2 Å². The van der Waals surface area contributed by atoms with Crippen LogP contribution in [0, 0.1) is 0 Å². The normalized spacial score (nSPS) is 40.9. The molecule has 0 amide bonds. The van der Waals surface area contributed by atoms with E-state index in [0.29, 0.717) is 0 Å². The Morgan fingerprint density at radius 1 is 1.45 bits per heavy atom. The summed E-state index contributed by atoms with van der Waals surface area (Å²) in [6.45, 7) is -0.478. The first-order valence-corrected chi connectivity index (χ1v) is 3.45. The van der Waals surface area contributed by atoms with Crippen LogP contribution in [-0.4, -0.2) is 51.6 Å². The molecule has 0 aromatic heterocycles. The second-order valence-corrected chi connectivity index (χ2v) is 2.61. The van der Waals surface area contributed by atoms with E-state index in [4.69, 9.17) is 25.2 Å². The van der Waals surface area contributed by atoms with Crippen LogP contribution in [0.3, 0.4) is 0 Å². The van der Waals surface area contributed by atoms with Gasteiger partial charge in [-0.15, -0.1) is 0 Å². The second-order valence-electron chi connectivity index (χ2n) is 2.61. The summed E-state index contributed by atoms with van der Waals surface area (Å²) < 4.78 is 4.72. The van der Waals surface area contributed by atoms with Crippen molar-refractivity contribution in [2.24, 2.45) is 0 Å². The number of rotatable bonds is 2. The van der Waals surface area contributed by atoms with Gasteiger partial charge in [-0.3, -0.25) is 0 Å². The van der Waals surface area contributed by atoms with Gasteiger partial charge in [-0.2, -0.15) is 0 Å². The van der Waals surface area contributed by atoms with Crippen molar-refractivity contribution in [2.75, 3.05) is 6.61 Å². The lowest BCUT2D eigenvalue weighted by Crippen LogP contribution is -2.36. The van der Waals surface area contributed by atoms with E-state index >= 15 is 0 Å². The van der Waals surface area contributed by atoms with Crippen LogP contribution in [0.1, 0.15) is 6.42 Å². The highest BCUT2D eigenvalue weighted by Gasteiger charge is 2.37. The van der Waals surface area contributed by atoms with Crippen LogP contribution in [0.25, 0.3) is 0 Å². The maximum Gasteiger partial charge on any atom is 0.157 e. The Bertz CT molecular complexity index is 124. The smallest absolute Gasteiger partial charge is 0.157 e. The molecule has 1 rings (SSSR count). The van der Waals surface area contributed by atoms with Crippen molar-refractivity contribution in [3.63, 3.8) is 0 Å². The van der Waals surface area contributed by atoms with Crippen LogP contribution in [0.2, 0.25) is 0 Å². The molecule has 1 saturated heterocycles. The number of aliphatic hydroxyl groups is 4. The summed E-state index contributed by atoms with van der Waals surface area (Å²) in [4.78, 5) is 0. The zero-order valence-electron chi connectivity index (χ0n) is 5.92. The molecule has 1 heterocycles. The van der Waals surface area contributed by atoms with Crippen LogP contribution in [-0.2, 0) is 4.74 Å². The third kappa shape index (κ3) is 1.88. The zero-order chi connectivity index (χ0) is 8.43. The highest BCUT2D eigenvalue weighted by atomic mass is 16.6. The average molecular weight is 164 g/mol. The molecule has 0 aromatic carbocycles. The zero-order valence-corrected chi connectivity index (χ0v) is 5.92. The van der Waals surface area contributed by atoms with E-state index in [9.17, 15) is 0 Å². The van der Waals surface area contributed by atoms with Crippen molar-refractivity contribution in [3.8, 4) is 0 Å². The lowest BCUT2D eigenvalue weighted by Gasteiger charge is -2.17. The van der Waals surface area contributed by atoms with Crippen molar-refractivity contribution in [1.29, 1.82) is 0 Å². The third-order valence-corrected chi connectivity index (χ3v) is 1.70. The quantitative estimate of drug-likeness (QED) is 0.372. The van der Waals surface area contributed by atoms with E-state index in [1.54, 1.807) is 0 Å². The van der Waals surface area contributed by atoms with Crippen LogP contribution in [0.5, 0.6) is 0 Å². The summed E-state index contributed by atoms with van der Waals surface area (Å²) >= 11 is 0. The topological polar surface area (TPSA) is 90.2 Å². The minimum absolute atomic E-state index is 0.0850. The Kier molecular flexibility index (Phi) is 2.80. The minimum atomic E-state index is -1.12. The highest BCUT2D eigenvalue weighted by Crippen LogP contribution is 2.20. The lowest BCUT2D eigenvalue weighted by molar-refractivity contribution is -0.136. The largest absolute Gasteiger partial charge is 0.394 e. The van der Waals surface area contributed by atoms with Gasteiger partial charge in [-0.1, -0.05) is 0 Å². The molecule has 0 aromatic rings. The predicted molar refractivity (Wildman–Crippen MR) is 34.6 cm³/mol. The van der Waals surface area contributed by atoms with Gasteiger partial charge in [-0.25, -0.2) is 0 Å². The second kappa shape index (κ2) is 3.46. The summed E-state index contributed by atoms with van der Waals surface area (Å²) in [6.07, 6.45) is -3.83. The van der Waals surface area contributed by atoms with Crippen molar-refractivity contribution < 1.29 is 25.2 Å². The fraction of sp³-hybridized carbons (Fsp3) is 1.00. The molecule has 0 aliphatic carbocycles. The average Bonchev–Trinajstić information content (AvgIpc) is 2.28. The van der Waals surface area contributed by atoms with Gasteiger partial charge in [0.25, 0.3) is 0 Å². The number of hydrogen-bond acceptors (Lipinski definition) is 5. The molecule has 66 valence electrons. The lowest BCUT2D eigenvalue weighted by atomic mass is 10.1. The first-order valence-electron chi connectivity index (χ1n) is 3.45. The molecule has 0 unspecified atom stereocenters. The Balaban J connectivity index is 2.45. The first kappa shape index (κ1) is 8.89. The Hall–Kier alpha value is -0.200. The first-order chi connectivity index (χ1) is 5.15. The molecule has 0 radical (unpaired) electrons. The van der Waals surface area contributed by atoms with Crippen molar-refractivity contribution in [1.82, 2.24) is 0 Å². The van der Waals surface area contributed by atoms with Gasteiger partial charge >= 0.3 is 0 Å². The molecular formula is C6H12O5. The molecule has 0 saturated carbocycles. The minimum Gasteiger partial charge on any atom is -0.394 e. The summed E-state index contributed by atoms with van der Waals surface area (Å²) in [5, 5.41) is 35.4. The van der Waals surface area contributed by atoms with E-state index in [0.717, 1.165) is 0 Å². The molecule has 1 fully saturated rings. The van der Waals surface area contributed by atoms with E-state index in [1.165, 1.54) is 0 Å². The van der Waals surface area contributed by atoms with Crippen molar-refractivity contribution in [2.45, 2.75) is 31.0 Å². The van der Waals surface area contributed by atoms with E-state index < -0.39 is 31.2 Å². The van der Waals surface area contributed by atoms with Crippen molar-refractivity contribution in [3.05, 3.63) is 0 Å². The van der Waals surface area contributed by atoms with Gasteiger partial charge in [0, 0.05) is 6.42 Å². The van der Waals surface area contributed by atoms with E-state index in [2.05, 4.69) is 0 Å². The van der Waals surface area contributed by atoms with Gasteiger partial charge < -0.3 is 25.2 Å². The standard InChI is InChI=1S/C6H12O5/c7-2-4(9)6-3(8)1-5(10)11-6/h3-10H,1-2H2/t3-,4+,5+,6+/m1/s1. The molecule has 1 aliphatic rings. The summed E-state index contributed by atoms with van der Waals surface area (Å²) in [5.41, 5.74) is 0. The fourth-order valence-electron chi connectivity index (χ4n) is 1.12. The highest BCUT2D eigenvalue weighted by molar-refractivity contribution is 4.82. The summed E-state index contributed by atoms with van der Waals surface area (Å²) in [6, 6.07) is 0. The van der Waals surface area contributed by atoms with Gasteiger partial charge in [0.05, 0.1) is 12.7 Å². The number of aliphatic hydroxyl groups excluding tert-OH is 4. The molecule has 11 heavy (non-hydrogen) atoms. The summed E-state index contributed by atoms with van der Waals surface area (Å²) in [7, 11) is 0. The Morgan fingerprint density at radius 2 is 2.09 bits per heavy atom. The van der Waals surface area contributed by atoms with Crippen LogP contribution in [0.15, 0.2) is 0 Å². The van der Waals surface area contributed by atoms with Gasteiger partial charge in [0.15, 0.2) is 6.29 Å². The van der Waals surface area contributed by atoms with Crippen molar-refractivity contribution >= 4 is 0 Å². The van der Waals surface area contributed by atoms with Crippen LogP contribution >= 0.6 is 0 Å². The molecule has 4 N–H and O–H groups in total. The SMILES string of the molecule is OC[C@H](O)[C@H]1O[C@H](O)C[C@H]1O. The maximum absolute atomic E-state index is 9.10. The molecule has 0 spiro atoms. The maximum atomic E-state index is 9.10. The Labute approximate surface area is 63.8 Å². The third-order valence-electron chi connectivity index (χ3n) is 1.70. The van der Waals surface area contributed by atoms with E-state index in [1.807, 2.05) is 0 Å². The van der Waals surface area contributed by atoms with Gasteiger partial charge in [-0.05, 0) is 0 Å². The fourth-order valence-corrected chi connectivity index (χ4v) is 1.12. The molecule has 5 heteroatoms. The monoisotopic (exact) mass is 164 g/mol. The number of hydrogen-bond donors (Lipinski definition) is 4. The summed E-state index contributed by atoms with van der Waals surface area (Å²) in [5.74, 6) is 0. The van der Waals surface area contributed by atoms with E-state index in [-0.39, 0.29) is 6.42 Å². The molecule has 5 nitrogen and oxygen atoms in total. The molecule has 4 atom stereocenters. The van der Waals surface area contributed by atoms with Gasteiger partial charge in [0.2, 0.25) is 0 Å². The number of ether oxygens (including phenoxy) is 1. The van der Waals surface area contributed by atoms with Crippen LogP contribution in [0.4, 0.5) is 0 Å². The van der Waals surface area contributed by atoms with Crippen LogP contribution < -0.4 is 0 Å². The molecule has 0 bridgehead atoms.